The fourth-order valence-electron chi connectivity index (χ4n) is 4.53. The summed E-state index contributed by atoms with van der Waals surface area (Å²) in [5.41, 5.74) is 5.80. The second kappa shape index (κ2) is 11.4. The number of aromatic nitrogens is 3. The number of anilines is 1. The van der Waals surface area contributed by atoms with Crippen LogP contribution in [-0.4, -0.2) is 59.7 Å². The van der Waals surface area contributed by atoms with Crippen LogP contribution in [0.2, 0.25) is 0 Å². The van der Waals surface area contributed by atoms with E-state index in [1.165, 1.54) is 0 Å². The molecule has 8 nitrogen and oxygen atoms in total. The summed E-state index contributed by atoms with van der Waals surface area (Å²) in [6.45, 7) is 6.99. The molecule has 0 atom stereocenters. The third kappa shape index (κ3) is 5.81. The van der Waals surface area contributed by atoms with Crippen molar-refractivity contribution in [3.63, 3.8) is 0 Å². The number of amides is 1. The molecular weight excluding hydrogens is 478 g/mol. The number of fused-ring (bicyclic) bond motifs is 1. The zero-order chi connectivity index (χ0) is 26.5. The lowest BCUT2D eigenvalue weighted by atomic mass is 10.0. The number of pyridine rings is 1. The summed E-state index contributed by atoms with van der Waals surface area (Å²) in [5.74, 6) is 0.603. The van der Waals surface area contributed by atoms with Crippen LogP contribution >= 0.6 is 0 Å². The van der Waals surface area contributed by atoms with Gasteiger partial charge in [0.15, 0.2) is 5.78 Å². The Balaban J connectivity index is 1.33. The molecule has 5 rings (SSSR count). The topological polar surface area (TPSA) is 100 Å². The highest BCUT2D eigenvalue weighted by Crippen LogP contribution is 2.29. The van der Waals surface area contributed by atoms with Gasteiger partial charge in [0, 0.05) is 41.7 Å². The van der Waals surface area contributed by atoms with Gasteiger partial charge in [0.2, 0.25) is 0 Å². The maximum absolute atomic E-state index is 13.3. The van der Waals surface area contributed by atoms with Crippen LogP contribution in [0.5, 0.6) is 0 Å². The Morgan fingerprint density at radius 2 is 1.84 bits per heavy atom. The predicted molar refractivity (Wildman–Crippen MR) is 149 cm³/mol. The molecule has 3 heterocycles. The second-order valence-corrected chi connectivity index (χ2v) is 9.62. The van der Waals surface area contributed by atoms with Crippen LogP contribution in [0.1, 0.15) is 40.1 Å². The molecule has 2 aromatic carbocycles. The molecule has 0 spiro atoms. The monoisotopic (exact) mass is 509 g/mol. The van der Waals surface area contributed by atoms with E-state index in [4.69, 9.17) is 9.72 Å². The van der Waals surface area contributed by atoms with Crippen molar-refractivity contribution < 1.29 is 14.3 Å². The van der Waals surface area contributed by atoms with Crippen molar-refractivity contribution in [2.45, 2.75) is 20.3 Å². The van der Waals surface area contributed by atoms with Crippen molar-refractivity contribution in [2.24, 2.45) is 0 Å². The normalized spacial score (nSPS) is 13.4. The molecular formula is C30H31N5O3. The summed E-state index contributed by atoms with van der Waals surface area (Å²) < 4.78 is 5.51. The van der Waals surface area contributed by atoms with Crippen LogP contribution in [0.15, 0.2) is 72.4 Å². The molecule has 1 saturated heterocycles. The van der Waals surface area contributed by atoms with E-state index in [0.717, 1.165) is 52.2 Å². The third-order valence-electron chi connectivity index (χ3n) is 6.53. The van der Waals surface area contributed by atoms with E-state index in [-0.39, 0.29) is 11.7 Å². The molecule has 0 aliphatic carbocycles. The van der Waals surface area contributed by atoms with Crippen molar-refractivity contribution >= 4 is 28.4 Å². The van der Waals surface area contributed by atoms with Gasteiger partial charge < -0.3 is 15.0 Å². The molecule has 194 valence electrons. The Morgan fingerprint density at radius 3 is 2.61 bits per heavy atom. The molecule has 1 aliphatic heterocycles. The summed E-state index contributed by atoms with van der Waals surface area (Å²) in [5, 5.41) is 11.2. The number of hydrogen-bond donors (Lipinski definition) is 2. The molecule has 0 bridgehead atoms. The summed E-state index contributed by atoms with van der Waals surface area (Å²) >= 11 is 0. The van der Waals surface area contributed by atoms with E-state index in [9.17, 15) is 9.59 Å². The fourth-order valence-corrected chi connectivity index (χ4v) is 4.53. The molecule has 1 aliphatic rings. The smallest absolute Gasteiger partial charge is 0.251 e. The van der Waals surface area contributed by atoms with Gasteiger partial charge in [-0.15, -0.1) is 0 Å². The number of ketones is 1. The lowest BCUT2D eigenvalue weighted by Crippen LogP contribution is -2.37. The summed E-state index contributed by atoms with van der Waals surface area (Å²) in [4.78, 5) is 32.5. The molecule has 1 fully saturated rings. The molecule has 2 aromatic heterocycles. The molecule has 38 heavy (non-hydrogen) atoms. The second-order valence-electron chi connectivity index (χ2n) is 9.62. The summed E-state index contributed by atoms with van der Waals surface area (Å²) in [6, 6.07) is 17.1. The SMILES string of the molecule is CC(C)=CC(=O)c1ccc(CCNC(=O)c2cc(-c3cccc4[nH]ncc34)nc(N3CCOCC3)c2)cc1. The Morgan fingerprint density at radius 1 is 1.05 bits per heavy atom. The van der Waals surface area contributed by atoms with Crippen LogP contribution in [0.25, 0.3) is 22.2 Å². The van der Waals surface area contributed by atoms with Crippen LogP contribution in [-0.2, 0) is 11.2 Å². The first kappa shape index (κ1) is 25.4. The highest BCUT2D eigenvalue weighted by molar-refractivity contribution is 6.04. The van der Waals surface area contributed by atoms with Gasteiger partial charge in [-0.2, -0.15) is 5.10 Å². The van der Waals surface area contributed by atoms with Gasteiger partial charge >= 0.3 is 0 Å². The number of hydrogen-bond acceptors (Lipinski definition) is 6. The lowest BCUT2D eigenvalue weighted by molar-refractivity contribution is 0.0953. The summed E-state index contributed by atoms with van der Waals surface area (Å²) in [7, 11) is 0. The van der Waals surface area contributed by atoms with E-state index in [1.54, 1.807) is 12.3 Å². The molecule has 0 saturated carbocycles. The van der Waals surface area contributed by atoms with Gasteiger partial charge in [0.1, 0.15) is 5.82 Å². The first-order chi connectivity index (χ1) is 18.5. The minimum Gasteiger partial charge on any atom is -0.378 e. The number of H-pyrrole nitrogens is 1. The number of aromatic amines is 1. The molecule has 8 heteroatoms. The maximum Gasteiger partial charge on any atom is 0.251 e. The van der Waals surface area contributed by atoms with Crippen LogP contribution < -0.4 is 10.2 Å². The van der Waals surface area contributed by atoms with E-state index < -0.39 is 0 Å². The predicted octanol–water partition coefficient (Wildman–Crippen LogP) is 4.58. The number of nitrogens with zero attached hydrogens (tertiary/aromatic N) is 3. The average Bonchev–Trinajstić information content (AvgIpc) is 3.42. The fraction of sp³-hybridized carbons (Fsp3) is 0.267. The number of morpholine rings is 1. The van der Waals surface area contributed by atoms with Crippen molar-refractivity contribution in [2.75, 3.05) is 37.7 Å². The lowest BCUT2D eigenvalue weighted by Gasteiger charge is -2.28. The van der Waals surface area contributed by atoms with Gasteiger partial charge in [-0.3, -0.25) is 14.7 Å². The highest BCUT2D eigenvalue weighted by Gasteiger charge is 2.18. The summed E-state index contributed by atoms with van der Waals surface area (Å²) in [6.07, 6.45) is 4.08. The van der Waals surface area contributed by atoms with Crippen molar-refractivity contribution in [1.82, 2.24) is 20.5 Å². The van der Waals surface area contributed by atoms with E-state index in [1.807, 2.05) is 68.4 Å². The van der Waals surface area contributed by atoms with Gasteiger partial charge in [-0.25, -0.2) is 4.98 Å². The van der Waals surface area contributed by atoms with Gasteiger partial charge in [0.25, 0.3) is 5.91 Å². The molecule has 2 N–H and O–H groups in total. The van der Waals surface area contributed by atoms with E-state index in [2.05, 4.69) is 20.4 Å². The minimum atomic E-state index is -0.155. The Hall–Kier alpha value is -4.30. The Kier molecular flexibility index (Phi) is 7.60. The van der Waals surface area contributed by atoms with Crippen LogP contribution in [0, 0.1) is 0 Å². The third-order valence-corrected chi connectivity index (χ3v) is 6.53. The number of allylic oxidation sites excluding steroid dienone is 2. The Labute approximate surface area is 221 Å². The molecule has 1 amide bonds. The van der Waals surface area contributed by atoms with Gasteiger partial charge in [-0.05, 0) is 50.1 Å². The van der Waals surface area contributed by atoms with Gasteiger partial charge in [-0.1, -0.05) is 42.0 Å². The first-order valence-corrected chi connectivity index (χ1v) is 12.8. The standard InChI is InChI=1S/C30H31N5O3/c1-20(2)16-28(36)22-8-6-21(7-9-22)10-11-31-30(37)23-17-27(24-4-3-5-26-25(24)19-32-34-26)33-29(18-23)35-12-14-38-15-13-35/h3-9,16-19H,10-15H2,1-2H3,(H,31,37)(H,32,34). The highest BCUT2D eigenvalue weighted by atomic mass is 16.5. The average molecular weight is 510 g/mol. The minimum absolute atomic E-state index is 0.000489. The van der Waals surface area contributed by atoms with Crippen molar-refractivity contribution in [3.8, 4) is 11.3 Å². The quantitative estimate of drug-likeness (QED) is 0.266. The van der Waals surface area contributed by atoms with Crippen molar-refractivity contribution in [3.05, 3.63) is 89.1 Å². The number of carbonyl (C=O) groups excluding carboxylic acids is 2. The van der Waals surface area contributed by atoms with Crippen LogP contribution in [0.3, 0.4) is 0 Å². The number of benzene rings is 2. The van der Waals surface area contributed by atoms with Gasteiger partial charge in [0.05, 0.1) is 30.6 Å². The molecule has 4 aromatic rings. The number of rotatable bonds is 8. The number of ether oxygens (including phenoxy) is 1. The zero-order valence-corrected chi connectivity index (χ0v) is 21.7. The Bertz CT molecular complexity index is 1480. The number of carbonyl (C=O) groups is 2. The van der Waals surface area contributed by atoms with Crippen LogP contribution in [0.4, 0.5) is 5.82 Å². The number of nitrogens with one attached hydrogen (secondary N) is 2. The first-order valence-electron chi connectivity index (χ1n) is 12.8. The largest absolute Gasteiger partial charge is 0.378 e. The van der Waals surface area contributed by atoms with E-state index in [0.29, 0.717) is 37.3 Å². The zero-order valence-electron chi connectivity index (χ0n) is 21.7. The molecule has 0 radical (unpaired) electrons. The van der Waals surface area contributed by atoms with Crippen molar-refractivity contribution in [1.29, 1.82) is 0 Å². The molecule has 0 unspecified atom stereocenters. The maximum atomic E-state index is 13.3. The van der Waals surface area contributed by atoms with E-state index >= 15 is 0 Å².